The maximum Gasteiger partial charge on any atom is 0.103 e. The molecule has 2 nitrogen and oxygen atoms in total. The summed E-state index contributed by atoms with van der Waals surface area (Å²) in [7, 11) is 0. The lowest BCUT2D eigenvalue weighted by molar-refractivity contribution is 0.647. The van der Waals surface area contributed by atoms with Crippen LogP contribution in [-0.4, -0.2) is 6.54 Å². The number of nitrogens with zero attached hydrogens (tertiary/aromatic N) is 1. The van der Waals surface area contributed by atoms with Gasteiger partial charge in [-0.15, -0.1) is 0 Å². The summed E-state index contributed by atoms with van der Waals surface area (Å²) in [5.41, 5.74) is 2.36. The minimum Gasteiger partial charge on any atom is -0.372 e. The highest BCUT2D eigenvalue weighted by Crippen LogP contribution is 2.12. The molecule has 1 aromatic rings. The van der Waals surface area contributed by atoms with Crippen LogP contribution in [0.3, 0.4) is 0 Å². The second-order valence-electron chi connectivity index (χ2n) is 3.81. The Kier molecular flexibility index (Phi) is 4.00. The first-order valence-electron chi connectivity index (χ1n) is 4.92. The lowest BCUT2D eigenvalue weighted by atomic mass is 10.0. The zero-order valence-corrected chi connectivity index (χ0v) is 8.75. The number of rotatable bonds is 4. The number of nitriles is 1. The van der Waals surface area contributed by atoms with E-state index in [2.05, 4.69) is 37.4 Å². The van der Waals surface area contributed by atoms with Crippen LogP contribution >= 0.6 is 0 Å². The fourth-order valence-corrected chi connectivity index (χ4v) is 1.37. The minimum absolute atomic E-state index is 0.365. The molecule has 0 fully saturated rings. The van der Waals surface area contributed by atoms with Gasteiger partial charge in [-0.05, 0) is 30.0 Å². The molecular weight excluding hydrogens is 172 g/mol. The van der Waals surface area contributed by atoms with Crippen molar-refractivity contribution < 1.29 is 0 Å². The standard InChI is InChI=1S/C12H16N2/c1-10(2)9-11-3-5-12(6-4-11)14-8-7-13/h3-6,10,14H,8-9H2,1-2H3. The molecule has 14 heavy (non-hydrogen) atoms. The highest BCUT2D eigenvalue weighted by Gasteiger charge is 1.97. The van der Waals surface area contributed by atoms with E-state index in [4.69, 9.17) is 5.26 Å². The summed E-state index contributed by atoms with van der Waals surface area (Å²) >= 11 is 0. The largest absolute Gasteiger partial charge is 0.372 e. The van der Waals surface area contributed by atoms with Crippen molar-refractivity contribution in [2.45, 2.75) is 20.3 Å². The quantitative estimate of drug-likeness (QED) is 0.737. The average molecular weight is 188 g/mol. The van der Waals surface area contributed by atoms with Gasteiger partial charge in [-0.2, -0.15) is 5.26 Å². The number of hydrogen-bond donors (Lipinski definition) is 1. The van der Waals surface area contributed by atoms with E-state index in [0.717, 1.165) is 12.1 Å². The average Bonchev–Trinajstić information content (AvgIpc) is 2.16. The molecule has 1 aromatic carbocycles. The van der Waals surface area contributed by atoms with Gasteiger partial charge in [-0.1, -0.05) is 26.0 Å². The molecule has 0 heterocycles. The van der Waals surface area contributed by atoms with Crippen LogP contribution in [0.1, 0.15) is 19.4 Å². The smallest absolute Gasteiger partial charge is 0.103 e. The Bertz CT molecular complexity index is 306. The van der Waals surface area contributed by atoms with E-state index in [1.165, 1.54) is 5.56 Å². The van der Waals surface area contributed by atoms with Gasteiger partial charge in [0.25, 0.3) is 0 Å². The van der Waals surface area contributed by atoms with Gasteiger partial charge < -0.3 is 5.32 Å². The zero-order valence-electron chi connectivity index (χ0n) is 8.75. The summed E-state index contributed by atoms with van der Waals surface area (Å²) in [5.74, 6) is 0.688. The molecular formula is C12H16N2. The van der Waals surface area contributed by atoms with Crippen molar-refractivity contribution in [1.29, 1.82) is 5.26 Å². The van der Waals surface area contributed by atoms with Gasteiger partial charge in [0.2, 0.25) is 0 Å². The summed E-state index contributed by atoms with van der Waals surface area (Å²) < 4.78 is 0. The third kappa shape index (κ3) is 3.49. The molecule has 0 atom stereocenters. The molecule has 2 heteroatoms. The highest BCUT2D eigenvalue weighted by molar-refractivity contribution is 5.45. The summed E-state index contributed by atoms with van der Waals surface area (Å²) in [6.07, 6.45) is 1.11. The summed E-state index contributed by atoms with van der Waals surface area (Å²) in [5, 5.41) is 11.4. The van der Waals surface area contributed by atoms with Crippen molar-refractivity contribution >= 4 is 5.69 Å². The first-order chi connectivity index (χ1) is 6.72. The van der Waals surface area contributed by atoms with Crippen LogP contribution in [0.5, 0.6) is 0 Å². The van der Waals surface area contributed by atoms with E-state index < -0.39 is 0 Å². The van der Waals surface area contributed by atoms with Gasteiger partial charge in [0, 0.05) is 5.69 Å². The van der Waals surface area contributed by atoms with Crippen LogP contribution in [0.15, 0.2) is 24.3 Å². The molecule has 0 aromatic heterocycles. The van der Waals surface area contributed by atoms with Crippen LogP contribution in [0.2, 0.25) is 0 Å². The Morgan fingerprint density at radius 2 is 1.93 bits per heavy atom. The third-order valence-electron chi connectivity index (χ3n) is 1.97. The fourth-order valence-electron chi connectivity index (χ4n) is 1.37. The first kappa shape index (κ1) is 10.6. The van der Waals surface area contributed by atoms with Crippen molar-refractivity contribution in [3.63, 3.8) is 0 Å². The van der Waals surface area contributed by atoms with E-state index in [0.29, 0.717) is 12.5 Å². The topological polar surface area (TPSA) is 35.8 Å². The number of anilines is 1. The summed E-state index contributed by atoms with van der Waals surface area (Å²) in [4.78, 5) is 0. The van der Waals surface area contributed by atoms with Gasteiger partial charge in [-0.3, -0.25) is 0 Å². The Morgan fingerprint density at radius 3 is 2.43 bits per heavy atom. The molecule has 1 N–H and O–H groups in total. The van der Waals surface area contributed by atoms with Crippen LogP contribution in [0.4, 0.5) is 5.69 Å². The van der Waals surface area contributed by atoms with Crippen molar-refractivity contribution in [2.24, 2.45) is 5.92 Å². The molecule has 0 aliphatic carbocycles. The molecule has 1 rings (SSSR count). The molecule has 0 aliphatic heterocycles. The van der Waals surface area contributed by atoms with Crippen LogP contribution in [-0.2, 0) is 6.42 Å². The van der Waals surface area contributed by atoms with Crippen molar-refractivity contribution in [2.75, 3.05) is 11.9 Å². The minimum atomic E-state index is 0.365. The van der Waals surface area contributed by atoms with E-state index in [1.807, 2.05) is 12.1 Å². The highest BCUT2D eigenvalue weighted by atomic mass is 14.9. The number of benzene rings is 1. The third-order valence-corrected chi connectivity index (χ3v) is 1.97. The molecule has 0 spiro atoms. The molecule has 0 aliphatic rings. The van der Waals surface area contributed by atoms with E-state index in [1.54, 1.807) is 0 Å². The first-order valence-corrected chi connectivity index (χ1v) is 4.92. The molecule has 74 valence electrons. The summed E-state index contributed by atoms with van der Waals surface area (Å²) in [6.45, 7) is 4.78. The van der Waals surface area contributed by atoms with Crippen molar-refractivity contribution in [1.82, 2.24) is 0 Å². The van der Waals surface area contributed by atoms with Gasteiger partial charge in [0.05, 0.1) is 6.07 Å². The Labute approximate surface area is 85.6 Å². The maximum atomic E-state index is 8.39. The van der Waals surface area contributed by atoms with Gasteiger partial charge in [-0.25, -0.2) is 0 Å². The molecule has 0 saturated carbocycles. The number of hydrogen-bond acceptors (Lipinski definition) is 2. The number of nitrogens with one attached hydrogen (secondary N) is 1. The Hall–Kier alpha value is -1.49. The SMILES string of the molecule is CC(C)Cc1ccc(NCC#N)cc1. The van der Waals surface area contributed by atoms with E-state index in [-0.39, 0.29) is 0 Å². The predicted molar refractivity (Wildman–Crippen MR) is 59.1 cm³/mol. The predicted octanol–water partition coefficient (Wildman–Crippen LogP) is 2.82. The second kappa shape index (κ2) is 5.29. The van der Waals surface area contributed by atoms with Crippen LogP contribution in [0, 0.1) is 17.2 Å². The Balaban J connectivity index is 2.56. The molecule has 0 unspecified atom stereocenters. The lowest BCUT2D eigenvalue weighted by Crippen LogP contribution is -1.99. The molecule has 0 saturated heterocycles. The second-order valence-corrected chi connectivity index (χ2v) is 3.81. The Morgan fingerprint density at radius 1 is 1.29 bits per heavy atom. The van der Waals surface area contributed by atoms with Crippen molar-refractivity contribution in [3.8, 4) is 6.07 Å². The maximum absolute atomic E-state index is 8.39. The van der Waals surface area contributed by atoms with Gasteiger partial charge >= 0.3 is 0 Å². The monoisotopic (exact) mass is 188 g/mol. The molecule has 0 radical (unpaired) electrons. The van der Waals surface area contributed by atoms with Crippen LogP contribution in [0.25, 0.3) is 0 Å². The lowest BCUT2D eigenvalue weighted by Gasteiger charge is -2.06. The van der Waals surface area contributed by atoms with Crippen molar-refractivity contribution in [3.05, 3.63) is 29.8 Å². The van der Waals surface area contributed by atoms with Gasteiger partial charge in [0.15, 0.2) is 0 Å². The molecule has 0 bridgehead atoms. The van der Waals surface area contributed by atoms with Crippen LogP contribution < -0.4 is 5.32 Å². The van der Waals surface area contributed by atoms with E-state index >= 15 is 0 Å². The van der Waals surface area contributed by atoms with E-state index in [9.17, 15) is 0 Å². The fraction of sp³-hybridized carbons (Fsp3) is 0.417. The normalized spacial score (nSPS) is 9.86. The van der Waals surface area contributed by atoms with Gasteiger partial charge in [0.1, 0.15) is 6.54 Å². The summed E-state index contributed by atoms with van der Waals surface area (Å²) in [6, 6.07) is 10.3. The zero-order chi connectivity index (χ0) is 10.4. The molecule has 0 amide bonds.